The molecule has 8 heteroatoms. The van der Waals surface area contributed by atoms with Gasteiger partial charge in [0.15, 0.2) is 0 Å². The summed E-state index contributed by atoms with van der Waals surface area (Å²) >= 11 is 0. The Morgan fingerprint density at radius 2 is 2.21 bits per heavy atom. The lowest BCUT2D eigenvalue weighted by molar-refractivity contribution is -0.385. The molecule has 19 heavy (non-hydrogen) atoms. The van der Waals surface area contributed by atoms with Gasteiger partial charge in [0.2, 0.25) is 5.91 Å². The first-order valence-electron chi connectivity index (χ1n) is 5.47. The Bertz CT molecular complexity index is 467. The smallest absolute Gasteiger partial charge is 0.274 e. The van der Waals surface area contributed by atoms with Crippen molar-refractivity contribution in [2.75, 3.05) is 32.1 Å². The average molecular weight is 271 g/mol. The van der Waals surface area contributed by atoms with Gasteiger partial charge in [-0.2, -0.15) is 0 Å². The fourth-order valence-electron chi connectivity index (χ4n) is 1.33. The largest absolute Gasteiger partial charge is 0.383 e. The minimum absolute atomic E-state index is 0.00761. The minimum atomic E-state index is -0.781. The lowest BCUT2D eigenvalue weighted by atomic mass is 10.2. The third kappa shape index (κ3) is 5.40. The van der Waals surface area contributed by atoms with Crippen molar-refractivity contribution in [3.8, 4) is 0 Å². The summed E-state index contributed by atoms with van der Waals surface area (Å²) in [5.41, 5.74) is -0.368. The Morgan fingerprint density at radius 1 is 1.47 bits per heavy atom. The van der Waals surface area contributed by atoms with Gasteiger partial charge in [-0.15, -0.1) is 0 Å². The van der Waals surface area contributed by atoms with E-state index in [0.29, 0.717) is 13.2 Å². The van der Waals surface area contributed by atoms with Crippen molar-refractivity contribution in [1.82, 2.24) is 5.32 Å². The molecule has 0 fully saturated rings. The fraction of sp³-hybridized carbons (Fsp3) is 0.364. The number of nitrogens with one attached hydrogen (secondary N) is 2. The number of ether oxygens (including phenoxy) is 1. The number of methoxy groups -OCH3 is 1. The maximum Gasteiger partial charge on any atom is 0.274 e. The van der Waals surface area contributed by atoms with E-state index in [1.807, 2.05) is 0 Å². The van der Waals surface area contributed by atoms with Gasteiger partial charge < -0.3 is 15.4 Å². The lowest BCUT2D eigenvalue weighted by Crippen LogP contribution is -2.30. The fourth-order valence-corrected chi connectivity index (χ4v) is 1.33. The van der Waals surface area contributed by atoms with Crippen LogP contribution in [0.25, 0.3) is 0 Å². The van der Waals surface area contributed by atoms with Gasteiger partial charge in [-0.1, -0.05) is 0 Å². The molecule has 0 bridgehead atoms. The second kappa shape index (κ2) is 7.39. The minimum Gasteiger partial charge on any atom is -0.383 e. The lowest BCUT2D eigenvalue weighted by Gasteiger charge is -2.06. The monoisotopic (exact) mass is 271 g/mol. The van der Waals surface area contributed by atoms with Crippen LogP contribution in [0.4, 0.5) is 15.8 Å². The summed E-state index contributed by atoms with van der Waals surface area (Å²) in [6.45, 7) is 0.958. The van der Waals surface area contributed by atoms with E-state index < -0.39 is 22.3 Å². The number of anilines is 1. The number of rotatable bonds is 7. The number of carbonyl (C=O) groups is 1. The summed E-state index contributed by atoms with van der Waals surface area (Å²) in [5.74, 6) is -1.20. The van der Waals surface area contributed by atoms with Crippen molar-refractivity contribution >= 4 is 17.3 Å². The second-order valence-corrected chi connectivity index (χ2v) is 3.67. The molecule has 0 saturated heterocycles. The number of non-ortho nitro benzene ring substituents is 1. The van der Waals surface area contributed by atoms with Crippen molar-refractivity contribution in [1.29, 1.82) is 0 Å². The average Bonchev–Trinajstić information content (AvgIpc) is 2.34. The molecule has 1 amide bonds. The maximum absolute atomic E-state index is 13.1. The highest BCUT2D eigenvalue weighted by molar-refractivity contribution is 5.92. The summed E-state index contributed by atoms with van der Waals surface area (Å²) in [6, 6.07) is 2.89. The van der Waals surface area contributed by atoms with Crippen LogP contribution in [0, 0.1) is 15.9 Å². The van der Waals surface area contributed by atoms with Crippen LogP contribution in [0.2, 0.25) is 0 Å². The van der Waals surface area contributed by atoms with Crippen molar-refractivity contribution in [2.45, 2.75) is 0 Å². The molecule has 0 atom stereocenters. The number of hydrogen-bond donors (Lipinski definition) is 2. The Kier molecular flexibility index (Phi) is 5.83. The predicted octanol–water partition coefficient (Wildman–Crippen LogP) is 0.908. The Morgan fingerprint density at radius 3 is 2.84 bits per heavy atom. The number of hydrogen-bond acceptors (Lipinski definition) is 5. The highest BCUT2D eigenvalue weighted by Crippen LogP contribution is 2.19. The normalized spacial score (nSPS) is 10.2. The van der Waals surface area contributed by atoms with Gasteiger partial charge >= 0.3 is 0 Å². The van der Waals surface area contributed by atoms with Crippen LogP contribution in [0.3, 0.4) is 0 Å². The van der Waals surface area contributed by atoms with Crippen molar-refractivity contribution in [2.24, 2.45) is 0 Å². The summed E-state index contributed by atoms with van der Waals surface area (Å²) in [4.78, 5) is 21.3. The number of nitro groups is 1. The number of nitrogens with zero attached hydrogens (tertiary/aromatic N) is 1. The molecular formula is C11H14FN3O4. The Balaban J connectivity index is 2.56. The van der Waals surface area contributed by atoms with Crippen LogP contribution >= 0.6 is 0 Å². The van der Waals surface area contributed by atoms with Crippen molar-refractivity contribution < 1.29 is 18.8 Å². The highest BCUT2D eigenvalue weighted by Gasteiger charge is 2.11. The first kappa shape index (κ1) is 15.0. The maximum atomic E-state index is 13.1. The molecule has 1 aromatic carbocycles. The van der Waals surface area contributed by atoms with Gasteiger partial charge in [0, 0.05) is 19.7 Å². The van der Waals surface area contributed by atoms with E-state index in [4.69, 9.17) is 4.74 Å². The molecule has 0 aromatic heterocycles. The zero-order valence-electron chi connectivity index (χ0n) is 10.3. The summed E-state index contributed by atoms with van der Waals surface area (Å²) in [7, 11) is 1.54. The Hall–Kier alpha value is -2.06. The zero-order valence-corrected chi connectivity index (χ0v) is 10.3. The van der Waals surface area contributed by atoms with Crippen molar-refractivity contribution in [3.05, 3.63) is 34.1 Å². The molecule has 0 saturated carbocycles. The van der Waals surface area contributed by atoms with E-state index in [-0.39, 0.29) is 12.2 Å². The standard InChI is InChI=1S/C11H14FN3O4/c1-19-3-2-13-7-11(16)14-9-4-8(12)5-10(6-9)15(17)18/h4-6,13H,2-3,7H2,1H3,(H,14,16). The van der Waals surface area contributed by atoms with Gasteiger partial charge in [-0.25, -0.2) is 4.39 Å². The molecule has 0 unspecified atom stereocenters. The van der Waals surface area contributed by atoms with E-state index in [1.54, 1.807) is 0 Å². The molecule has 1 rings (SSSR count). The van der Waals surface area contributed by atoms with Crippen LogP contribution in [0.1, 0.15) is 0 Å². The molecule has 0 aliphatic rings. The van der Waals surface area contributed by atoms with Crippen LogP contribution < -0.4 is 10.6 Å². The molecule has 0 aliphatic heterocycles. The molecular weight excluding hydrogens is 257 g/mol. The van der Waals surface area contributed by atoms with E-state index in [0.717, 1.165) is 18.2 Å². The zero-order chi connectivity index (χ0) is 14.3. The van der Waals surface area contributed by atoms with Crippen LogP contribution in [-0.2, 0) is 9.53 Å². The quantitative estimate of drug-likeness (QED) is 0.437. The SMILES string of the molecule is COCCNCC(=O)Nc1cc(F)cc([N+](=O)[O-])c1. The van der Waals surface area contributed by atoms with Crippen LogP contribution in [0.5, 0.6) is 0 Å². The third-order valence-corrected chi connectivity index (χ3v) is 2.15. The number of halogens is 1. The molecule has 7 nitrogen and oxygen atoms in total. The molecule has 0 aliphatic carbocycles. The Labute approximate surface area is 108 Å². The number of carbonyl (C=O) groups excluding carboxylic acids is 1. The van der Waals surface area contributed by atoms with Gasteiger partial charge in [-0.05, 0) is 6.07 Å². The van der Waals surface area contributed by atoms with E-state index in [1.165, 1.54) is 7.11 Å². The van der Waals surface area contributed by atoms with E-state index >= 15 is 0 Å². The highest BCUT2D eigenvalue weighted by atomic mass is 19.1. The third-order valence-electron chi connectivity index (χ3n) is 2.15. The summed E-state index contributed by atoms with van der Waals surface area (Å²) < 4.78 is 17.9. The number of amides is 1. The number of benzene rings is 1. The molecule has 1 aromatic rings. The second-order valence-electron chi connectivity index (χ2n) is 3.67. The van der Waals surface area contributed by atoms with Crippen molar-refractivity contribution in [3.63, 3.8) is 0 Å². The van der Waals surface area contributed by atoms with Gasteiger partial charge in [0.1, 0.15) is 5.82 Å². The van der Waals surface area contributed by atoms with Crippen LogP contribution in [0.15, 0.2) is 18.2 Å². The first-order valence-corrected chi connectivity index (χ1v) is 5.47. The topological polar surface area (TPSA) is 93.5 Å². The molecule has 0 heterocycles. The molecule has 0 radical (unpaired) electrons. The van der Waals surface area contributed by atoms with Gasteiger partial charge in [-0.3, -0.25) is 14.9 Å². The predicted molar refractivity (Wildman–Crippen MR) is 66.4 cm³/mol. The molecule has 104 valence electrons. The molecule has 0 spiro atoms. The molecule has 2 N–H and O–H groups in total. The first-order chi connectivity index (χ1) is 9.02. The van der Waals surface area contributed by atoms with E-state index in [9.17, 15) is 19.3 Å². The van der Waals surface area contributed by atoms with E-state index in [2.05, 4.69) is 10.6 Å². The van der Waals surface area contributed by atoms with Gasteiger partial charge in [0.05, 0.1) is 29.8 Å². The van der Waals surface area contributed by atoms with Crippen LogP contribution in [-0.4, -0.2) is 37.6 Å². The summed E-state index contributed by atoms with van der Waals surface area (Å²) in [5, 5.41) is 15.7. The summed E-state index contributed by atoms with van der Waals surface area (Å²) in [6.07, 6.45) is 0. The number of nitro benzene ring substituents is 1. The van der Waals surface area contributed by atoms with Gasteiger partial charge in [0.25, 0.3) is 5.69 Å².